The van der Waals surface area contributed by atoms with Crippen molar-refractivity contribution in [2.24, 2.45) is 0 Å². The van der Waals surface area contributed by atoms with Crippen LogP contribution in [0.15, 0.2) is 0 Å². The SMILES string of the molecule is C[C@H]1CCO[P@@](=O)(Br)O1. The maximum Gasteiger partial charge on any atom is 0.396 e. The molecule has 0 spiro atoms. The molecular weight excluding hydrogens is 207 g/mol. The van der Waals surface area contributed by atoms with E-state index < -0.39 is 6.30 Å². The second kappa shape index (κ2) is 2.70. The van der Waals surface area contributed by atoms with Crippen molar-refractivity contribution in [1.82, 2.24) is 0 Å². The van der Waals surface area contributed by atoms with Gasteiger partial charge in [-0.15, -0.1) is 0 Å². The predicted molar refractivity (Wildman–Crippen MR) is 37.6 cm³/mol. The molecule has 0 N–H and O–H groups in total. The Balaban J connectivity index is 2.51. The van der Waals surface area contributed by atoms with Crippen LogP contribution in [0.4, 0.5) is 0 Å². The molecule has 5 heteroatoms. The normalized spacial score (nSPS) is 44.9. The number of hydrogen-bond donors (Lipinski definition) is 0. The van der Waals surface area contributed by atoms with Crippen molar-refractivity contribution in [3.63, 3.8) is 0 Å². The molecule has 1 saturated heterocycles. The molecule has 1 aliphatic rings. The highest BCUT2D eigenvalue weighted by Crippen LogP contribution is 2.59. The van der Waals surface area contributed by atoms with Crippen molar-refractivity contribution in [3.8, 4) is 0 Å². The van der Waals surface area contributed by atoms with Gasteiger partial charge in [0.2, 0.25) is 0 Å². The van der Waals surface area contributed by atoms with Crippen LogP contribution < -0.4 is 0 Å². The Kier molecular flexibility index (Phi) is 2.32. The molecule has 0 aliphatic carbocycles. The van der Waals surface area contributed by atoms with Gasteiger partial charge in [-0.1, -0.05) is 0 Å². The molecule has 54 valence electrons. The molecule has 3 nitrogen and oxygen atoms in total. The van der Waals surface area contributed by atoms with Crippen LogP contribution in [0.25, 0.3) is 0 Å². The van der Waals surface area contributed by atoms with Crippen LogP contribution >= 0.6 is 21.8 Å². The molecule has 1 fully saturated rings. The minimum atomic E-state index is -2.83. The molecule has 0 aromatic heterocycles. The van der Waals surface area contributed by atoms with Gasteiger partial charge < -0.3 is 4.52 Å². The quantitative estimate of drug-likeness (QED) is 0.581. The van der Waals surface area contributed by atoms with E-state index in [1.54, 1.807) is 0 Å². The average molecular weight is 215 g/mol. The summed E-state index contributed by atoms with van der Waals surface area (Å²) in [5.74, 6) is 0. The lowest BCUT2D eigenvalue weighted by Crippen LogP contribution is -2.14. The molecule has 0 aromatic carbocycles. The highest BCUT2D eigenvalue weighted by molar-refractivity contribution is 9.39. The van der Waals surface area contributed by atoms with Gasteiger partial charge in [-0.05, 0) is 13.3 Å². The molecule has 1 heterocycles. The summed E-state index contributed by atoms with van der Waals surface area (Å²) in [7, 11) is 0. The second-order valence-corrected chi connectivity index (χ2v) is 5.90. The minimum Gasteiger partial charge on any atom is -0.300 e. The second-order valence-electron chi connectivity index (χ2n) is 1.97. The Morgan fingerprint density at radius 3 is 2.78 bits per heavy atom. The Labute approximate surface area is 62.0 Å². The highest BCUT2D eigenvalue weighted by atomic mass is 79.9. The van der Waals surface area contributed by atoms with Crippen molar-refractivity contribution in [1.29, 1.82) is 0 Å². The monoisotopic (exact) mass is 214 g/mol. The maximum absolute atomic E-state index is 10.9. The maximum atomic E-state index is 10.9. The van der Waals surface area contributed by atoms with E-state index in [2.05, 4.69) is 15.5 Å². The van der Waals surface area contributed by atoms with Crippen molar-refractivity contribution >= 4 is 21.8 Å². The molecule has 9 heavy (non-hydrogen) atoms. The lowest BCUT2D eigenvalue weighted by Gasteiger charge is -2.22. The first-order chi connectivity index (χ1) is 4.10. The third-order valence-corrected chi connectivity index (χ3v) is 3.29. The van der Waals surface area contributed by atoms with E-state index in [9.17, 15) is 4.57 Å². The largest absolute Gasteiger partial charge is 0.396 e. The summed E-state index contributed by atoms with van der Waals surface area (Å²) < 4.78 is 20.6. The molecule has 0 unspecified atom stereocenters. The molecule has 0 radical (unpaired) electrons. The molecule has 0 bridgehead atoms. The molecule has 1 aliphatic heterocycles. The van der Waals surface area contributed by atoms with Gasteiger partial charge in [0.05, 0.1) is 12.7 Å². The van der Waals surface area contributed by atoms with Gasteiger partial charge in [0.1, 0.15) is 0 Å². The fourth-order valence-corrected chi connectivity index (χ4v) is 2.84. The van der Waals surface area contributed by atoms with Gasteiger partial charge in [0.15, 0.2) is 0 Å². The van der Waals surface area contributed by atoms with Crippen molar-refractivity contribution in [3.05, 3.63) is 0 Å². The van der Waals surface area contributed by atoms with E-state index in [4.69, 9.17) is 9.05 Å². The van der Waals surface area contributed by atoms with E-state index in [0.29, 0.717) is 6.61 Å². The molecule has 0 amide bonds. The van der Waals surface area contributed by atoms with Crippen LogP contribution in [0.5, 0.6) is 0 Å². The summed E-state index contributed by atoms with van der Waals surface area (Å²) in [6.07, 6.45) is -1.97. The third kappa shape index (κ3) is 2.38. The zero-order chi connectivity index (χ0) is 6.91. The van der Waals surface area contributed by atoms with E-state index in [0.717, 1.165) is 6.42 Å². The Morgan fingerprint density at radius 1 is 1.78 bits per heavy atom. The van der Waals surface area contributed by atoms with Crippen molar-refractivity contribution < 1.29 is 13.6 Å². The zero-order valence-electron chi connectivity index (χ0n) is 5.04. The lowest BCUT2D eigenvalue weighted by atomic mass is 10.3. The van der Waals surface area contributed by atoms with Crippen LogP contribution in [-0.2, 0) is 13.6 Å². The van der Waals surface area contributed by atoms with Gasteiger partial charge >= 0.3 is 6.30 Å². The van der Waals surface area contributed by atoms with Gasteiger partial charge in [-0.3, -0.25) is 4.52 Å². The number of halogens is 1. The van der Waals surface area contributed by atoms with Crippen molar-refractivity contribution in [2.75, 3.05) is 6.61 Å². The molecule has 0 saturated carbocycles. The standard InChI is InChI=1S/C4H8BrO3P/c1-4-2-3-7-9(5,6)8-4/h4H,2-3H2,1H3/t4-,9-/m0/s1. The minimum absolute atomic E-state index is 0.0453. The van der Waals surface area contributed by atoms with E-state index in [1.165, 1.54) is 0 Å². The highest BCUT2D eigenvalue weighted by Gasteiger charge is 2.27. The molecule has 2 atom stereocenters. The number of hydrogen-bond acceptors (Lipinski definition) is 3. The van der Waals surface area contributed by atoms with Crippen LogP contribution in [0.1, 0.15) is 13.3 Å². The summed E-state index contributed by atoms with van der Waals surface area (Å²) in [5, 5.41) is 0. The zero-order valence-corrected chi connectivity index (χ0v) is 7.52. The van der Waals surface area contributed by atoms with Crippen LogP contribution in [-0.4, -0.2) is 12.7 Å². The molecular formula is C4H8BrO3P. The topological polar surface area (TPSA) is 35.5 Å². The first-order valence-electron chi connectivity index (χ1n) is 2.73. The van der Waals surface area contributed by atoms with Crippen LogP contribution in [0, 0.1) is 0 Å². The summed E-state index contributed by atoms with van der Waals surface area (Å²) in [5.41, 5.74) is 0. The fourth-order valence-electron chi connectivity index (χ4n) is 0.626. The molecule has 1 rings (SSSR count). The van der Waals surface area contributed by atoms with Gasteiger partial charge in [0.25, 0.3) is 0 Å². The van der Waals surface area contributed by atoms with Gasteiger partial charge in [-0.2, -0.15) is 0 Å². The first kappa shape index (κ1) is 7.73. The van der Waals surface area contributed by atoms with E-state index in [1.807, 2.05) is 6.92 Å². The van der Waals surface area contributed by atoms with Gasteiger partial charge in [-0.25, -0.2) is 4.57 Å². The van der Waals surface area contributed by atoms with Crippen molar-refractivity contribution in [2.45, 2.75) is 19.4 Å². The smallest absolute Gasteiger partial charge is 0.300 e. The third-order valence-electron chi connectivity index (χ3n) is 1.08. The molecule has 0 aromatic rings. The summed E-state index contributed by atoms with van der Waals surface area (Å²) >= 11 is 2.84. The fraction of sp³-hybridized carbons (Fsp3) is 1.00. The predicted octanol–water partition coefficient (Wildman–Crippen LogP) is 2.31. The first-order valence-corrected chi connectivity index (χ1v) is 6.29. The summed E-state index contributed by atoms with van der Waals surface area (Å²) in [4.78, 5) is 0. The van der Waals surface area contributed by atoms with Crippen LogP contribution in [0.3, 0.4) is 0 Å². The van der Waals surface area contributed by atoms with E-state index >= 15 is 0 Å². The van der Waals surface area contributed by atoms with E-state index in [-0.39, 0.29) is 6.10 Å². The Hall–Kier alpha value is 0.630. The summed E-state index contributed by atoms with van der Waals surface area (Å²) in [6.45, 7) is 2.39. The Morgan fingerprint density at radius 2 is 2.44 bits per heavy atom. The Bertz CT molecular complexity index is 149. The lowest BCUT2D eigenvalue weighted by molar-refractivity contribution is 0.105. The van der Waals surface area contributed by atoms with Gasteiger partial charge in [0, 0.05) is 15.5 Å². The van der Waals surface area contributed by atoms with Crippen LogP contribution in [0.2, 0.25) is 0 Å². The number of rotatable bonds is 0. The average Bonchev–Trinajstić information content (AvgIpc) is 1.60. The summed E-state index contributed by atoms with van der Waals surface area (Å²) in [6, 6.07) is 0.